The molecule has 3 N–H and O–H groups in total. The van der Waals surface area contributed by atoms with E-state index in [4.69, 9.17) is 0 Å². The van der Waals surface area contributed by atoms with E-state index in [1.807, 2.05) is 42.5 Å². The summed E-state index contributed by atoms with van der Waals surface area (Å²) in [6.45, 7) is 1.49. The van der Waals surface area contributed by atoms with E-state index < -0.39 is 0 Å². The summed E-state index contributed by atoms with van der Waals surface area (Å²) in [6, 6.07) is 13.3. The lowest BCUT2D eigenvalue weighted by Crippen LogP contribution is -2.22. The molecule has 1 aliphatic rings. The van der Waals surface area contributed by atoms with Gasteiger partial charge in [0, 0.05) is 29.8 Å². The highest BCUT2D eigenvalue weighted by molar-refractivity contribution is 5.95. The Hall–Kier alpha value is -3.15. The van der Waals surface area contributed by atoms with Crippen LogP contribution in [0.4, 0.5) is 11.4 Å². The molecule has 0 bridgehead atoms. The maximum Gasteiger partial charge on any atom is 0.227 e. The first-order chi connectivity index (χ1) is 14.1. The Morgan fingerprint density at radius 1 is 0.931 bits per heavy atom. The number of imidazole rings is 1. The van der Waals surface area contributed by atoms with E-state index in [0.29, 0.717) is 0 Å². The maximum absolute atomic E-state index is 12.6. The third-order valence-corrected chi connectivity index (χ3v) is 5.45. The highest BCUT2D eigenvalue weighted by Crippen LogP contribution is 2.26. The molecule has 0 spiro atoms. The molecule has 2 amide bonds. The SMILES string of the molecule is CC(=O)Nc1ccc(-c2nc3ccc(NC(=O)C4CCCCCC4)cc3[nH]2)cc1. The van der Waals surface area contributed by atoms with Crippen LogP contribution in [0.1, 0.15) is 45.4 Å². The molecule has 150 valence electrons. The Labute approximate surface area is 170 Å². The van der Waals surface area contributed by atoms with Crippen molar-refractivity contribution < 1.29 is 9.59 Å². The molecule has 2 aromatic carbocycles. The first-order valence-corrected chi connectivity index (χ1v) is 10.3. The number of aromatic amines is 1. The summed E-state index contributed by atoms with van der Waals surface area (Å²) in [5.41, 5.74) is 4.20. The minimum atomic E-state index is -0.0973. The fraction of sp³-hybridized carbons (Fsp3) is 0.348. The van der Waals surface area contributed by atoms with Crippen LogP contribution in [0.5, 0.6) is 0 Å². The monoisotopic (exact) mass is 390 g/mol. The van der Waals surface area contributed by atoms with Gasteiger partial charge in [-0.2, -0.15) is 0 Å². The summed E-state index contributed by atoms with van der Waals surface area (Å²) in [5, 5.41) is 5.84. The van der Waals surface area contributed by atoms with Crippen molar-refractivity contribution in [3.8, 4) is 11.4 Å². The number of carbonyl (C=O) groups excluding carboxylic acids is 2. The van der Waals surface area contributed by atoms with Crippen molar-refractivity contribution in [2.75, 3.05) is 10.6 Å². The first kappa shape index (κ1) is 19.2. The molecule has 3 aromatic rings. The highest BCUT2D eigenvalue weighted by Gasteiger charge is 2.20. The number of amides is 2. The smallest absolute Gasteiger partial charge is 0.227 e. The van der Waals surface area contributed by atoms with Gasteiger partial charge in [-0.05, 0) is 55.3 Å². The van der Waals surface area contributed by atoms with Crippen molar-refractivity contribution in [2.45, 2.75) is 45.4 Å². The summed E-state index contributed by atoms with van der Waals surface area (Å²) >= 11 is 0. The van der Waals surface area contributed by atoms with Gasteiger partial charge < -0.3 is 15.6 Å². The van der Waals surface area contributed by atoms with E-state index in [1.54, 1.807) is 0 Å². The van der Waals surface area contributed by atoms with Crippen LogP contribution in [0.25, 0.3) is 22.4 Å². The topological polar surface area (TPSA) is 86.9 Å². The number of aromatic nitrogens is 2. The zero-order valence-corrected chi connectivity index (χ0v) is 16.6. The van der Waals surface area contributed by atoms with Crippen molar-refractivity contribution in [1.29, 1.82) is 0 Å². The van der Waals surface area contributed by atoms with Gasteiger partial charge in [-0.1, -0.05) is 25.7 Å². The number of benzene rings is 2. The minimum Gasteiger partial charge on any atom is -0.338 e. The van der Waals surface area contributed by atoms with Crippen molar-refractivity contribution in [3.05, 3.63) is 42.5 Å². The molecular weight excluding hydrogens is 364 g/mol. The summed E-state index contributed by atoms with van der Waals surface area (Å²) in [7, 11) is 0. The van der Waals surface area contributed by atoms with Crippen molar-refractivity contribution in [1.82, 2.24) is 9.97 Å². The quantitative estimate of drug-likeness (QED) is 0.542. The fourth-order valence-electron chi connectivity index (χ4n) is 3.92. The van der Waals surface area contributed by atoms with Gasteiger partial charge in [-0.3, -0.25) is 9.59 Å². The number of hydrogen-bond donors (Lipinski definition) is 3. The van der Waals surface area contributed by atoms with Crippen LogP contribution < -0.4 is 10.6 Å². The van der Waals surface area contributed by atoms with Crippen molar-refractivity contribution >= 4 is 34.2 Å². The first-order valence-electron chi connectivity index (χ1n) is 10.3. The molecule has 1 fully saturated rings. The molecule has 1 aromatic heterocycles. The third-order valence-electron chi connectivity index (χ3n) is 5.45. The number of fused-ring (bicyclic) bond motifs is 1. The number of nitrogens with one attached hydrogen (secondary N) is 3. The normalized spacial score (nSPS) is 15.1. The highest BCUT2D eigenvalue weighted by atomic mass is 16.2. The van der Waals surface area contributed by atoms with Gasteiger partial charge in [0.2, 0.25) is 11.8 Å². The van der Waals surface area contributed by atoms with Gasteiger partial charge in [0.05, 0.1) is 11.0 Å². The molecule has 0 unspecified atom stereocenters. The summed E-state index contributed by atoms with van der Waals surface area (Å²) in [6.07, 6.45) is 6.72. The molecule has 0 saturated heterocycles. The third kappa shape index (κ3) is 4.65. The predicted octanol–water partition coefficient (Wildman–Crippen LogP) is 5.10. The second-order valence-electron chi connectivity index (χ2n) is 7.75. The van der Waals surface area contributed by atoms with Crippen LogP contribution in [-0.4, -0.2) is 21.8 Å². The molecule has 29 heavy (non-hydrogen) atoms. The number of H-pyrrole nitrogens is 1. The van der Waals surface area contributed by atoms with Gasteiger partial charge in [0.1, 0.15) is 5.82 Å². The van der Waals surface area contributed by atoms with E-state index in [1.165, 1.54) is 19.8 Å². The van der Waals surface area contributed by atoms with Crippen LogP contribution in [0.15, 0.2) is 42.5 Å². The van der Waals surface area contributed by atoms with Gasteiger partial charge >= 0.3 is 0 Å². The van der Waals surface area contributed by atoms with Crippen LogP contribution in [0.2, 0.25) is 0 Å². The van der Waals surface area contributed by atoms with Crippen LogP contribution in [0.3, 0.4) is 0 Å². The Morgan fingerprint density at radius 2 is 1.62 bits per heavy atom. The predicted molar refractivity (Wildman–Crippen MR) is 116 cm³/mol. The van der Waals surface area contributed by atoms with Gasteiger partial charge in [-0.15, -0.1) is 0 Å². The molecule has 0 aliphatic heterocycles. The zero-order chi connectivity index (χ0) is 20.2. The lowest BCUT2D eigenvalue weighted by molar-refractivity contribution is -0.120. The lowest BCUT2D eigenvalue weighted by atomic mass is 9.99. The fourth-order valence-corrected chi connectivity index (χ4v) is 3.92. The molecule has 0 atom stereocenters. The van der Waals surface area contributed by atoms with Gasteiger partial charge in [0.25, 0.3) is 0 Å². The average Bonchev–Trinajstić information content (AvgIpc) is 2.93. The number of anilines is 2. The van der Waals surface area contributed by atoms with Gasteiger partial charge in [0.15, 0.2) is 0 Å². The summed E-state index contributed by atoms with van der Waals surface area (Å²) < 4.78 is 0. The molecule has 4 rings (SSSR count). The van der Waals surface area contributed by atoms with Crippen LogP contribution in [-0.2, 0) is 9.59 Å². The van der Waals surface area contributed by atoms with Crippen molar-refractivity contribution in [2.24, 2.45) is 5.92 Å². The molecule has 0 radical (unpaired) electrons. The number of nitrogens with zero attached hydrogens (tertiary/aromatic N) is 1. The number of rotatable bonds is 4. The second-order valence-corrected chi connectivity index (χ2v) is 7.75. The van der Waals surface area contributed by atoms with E-state index in [0.717, 1.165) is 59.5 Å². The Bertz CT molecular complexity index is 1020. The van der Waals surface area contributed by atoms with Crippen LogP contribution >= 0.6 is 0 Å². The number of hydrogen-bond acceptors (Lipinski definition) is 3. The average molecular weight is 390 g/mol. The maximum atomic E-state index is 12.6. The van der Waals surface area contributed by atoms with E-state index in [-0.39, 0.29) is 17.7 Å². The molecule has 6 heteroatoms. The minimum absolute atomic E-state index is 0.0973. The van der Waals surface area contributed by atoms with E-state index >= 15 is 0 Å². The van der Waals surface area contributed by atoms with Gasteiger partial charge in [-0.25, -0.2) is 4.98 Å². The Balaban J connectivity index is 1.50. The molecule has 1 heterocycles. The molecule has 1 saturated carbocycles. The largest absolute Gasteiger partial charge is 0.338 e. The van der Waals surface area contributed by atoms with E-state index in [9.17, 15) is 9.59 Å². The van der Waals surface area contributed by atoms with E-state index in [2.05, 4.69) is 20.6 Å². The van der Waals surface area contributed by atoms with Crippen molar-refractivity contribution in [3.63, 3.8) is 0 Å². The molecule has 1 aliphatic carbocycles. The Morgan fingerprint density at radius 3 is 2.31 bits per heavy atom. The summed E-state index contributed by atoms with van der Waals surface area (Å²) in [4.78, 5) is 31.7. The molecular formula is C23H26N4O2. The zero-order valence-electron chi connectivity index (χ0n) is 16.6. The lowest BCUT2D eigenvalue weighted by Gasteiger charge is -2.14. The Kier molecular flexibility index (Phi) is 5.60. The van der Waals surface area contributed by atoms with Crippen LogP contribution in [0, 0.1) is 5.92 Å². The number of carbonyl (C=O) groups is 2. The molecule has 6 nitrogen and oxygen atoms in total. The summed E-state index contributed by atoms with van der Waals surface area (Å²) in [5.74, 6) is 0.897. The second kappa shape index (κ2) is 8.47. The standard InChI is InChI=1S/C23H26N4O2/c1-15(28)24-18-10-8-16(9-11-18)22-26-20-13-12-19(14-21(20)27-22)25-23(29)17-6-4-2-3-5-7-17/h8-14,17H,2-7H2,1H3,(H,24,28)(H,25,29)(H,26,27).